The molecule has 2 amide bonds. The van der Waals surface area contributed by atoms with Crippen LogP contribution >= 0.6 is 11.6 Å². The van der Waals surface area contributed by atoms with Gasteiger partial charge in [-0.15, -0.1) is 0 Å². The normalized spacial score (nSPS) is 20.4. The van der Waals surface area contributed by atoms with E-state index >= 15 is 0 Å². The van der Waals surface area contributed by atoms with Crippen LogP contribution in [0.1, 0.15) is 88.2 Å². The maximum Gasteiger partial charge on any atom is 0.258 e. The van der Waals surface area contributed by atoms with Gasteiger partial charge in [0.1, 0.15) is 5.82 Å². The third-order valence-electron chi connectivity index (χ3n) is 8.95. The Morgan fingerprint density at radius 2 is 1.71 bits per heavy atom. The first-order chi connectivity index (χ1) is 20.1. The molecule has 2 heterocycles. The summed E-state index contributed by atoms with van der Waals surface area (Å²) >= 11 is 6.03. The zero-order chi connectivity index (χ0) is 30.0. The van der Waals surface area contributed by atoms with Crippen LogP contribution in [0, 0.1) is 23.6 Å². The number of benzene rings is 2. The standard InChI is InChI=1S/C33H43ClFN5O2/c1-20(2)23-11-13-39(14-12-23)19-22-5-10-29-30(15-22)40(28-8-6-24(7-9-28)31(41)36-21(3)4)33(37-29)38-32(42)25-16-26(34)18-27(35)17-25/h5,10,15-18,20-21,23-24,28H,6-9,11-14,19H2,1-4H3,(H,36,41)(H,37,38,42). The fourth-order valence-electron chi connectivity index (χ4n) is 6.59. The number of nitrogens with zero attached hydrogens (tertiary/aromatic N) is 3. The van der Waals surface area contributed by atoms with Crippen LogP contribution in [0.25, 0.3) is 11.0 Å². The lowest BCUT2D eigenvalue weighted by Crippen LogP contribution is -2.37. The van der Waals surface area contributed by atoms with E-state index in [0.717, 1.165) is 68.2 Å². The Morgan fingerprint density at radius 1 is 1.00 bits per heavy atom. The summed E-state index contributed by atoms with van der Waals surface area (Å²) < 4.78 is 16.1. The molecule has 2 aliphatic rings. The van der Waals surface area contributed by atoms with Gasteiger partial charge in [0.05, 0.1) is 11.0 Å². The molecule has 7 nitrogen and oxygen atoms in total. The number of likely N-dealkylation sites (tertiary alicyclic amines) is 1. The number of hydrogen-bond acceptors (Lipinski definition) is 4. The number of hydrogen-bond donors (Lipinski definition) is 2. The number of imidazole rings is 1. The van der Waals surface area contributed by atoms with Crippen LogP contribution in [-0.2, 0) is 11.3 Å². The fraction of sp³-hybridized carbons (Fsp3) is 0.545. The van der Waals surface area contributed by atoms with Crippen molar-refractivity contribution in [3.05, 3.63) is 58.4 Å². The van der Waals surface area contributed by atoms with Crippen molar-refractivity contribution >= 4 is 40.4 Å². The average Bonchev–Trinajstić information content (AvgIpc) is 3.29. The second kappa shape index (κ2) is 13.1. The van der Waals surface area contributed by atoms with E-state index in [-0.39, 0.29) is 34.5 Å². The Balaban J connectivity index is 1.41. The molecule has 0 bridgehead atoms. The maximum absolute atomic E-state index is 14.0. The molecule has 1 saturated heterocycles. The first kappa shape index (κ1) is 30.5. The number of anilines is 1. The van der Waals surface area contributed by atoms with E-state index in [9.17, 15) is 14.0 Å². The summed E-state index contributed by atoms with van der Waals surface area (Å²) in [6.07, 6.45) is 5.57. The van der Waals surface area contributed by atoms with Crippen LogP contribution in [0.4, 0.5) is 10.3 Å². The second-order valence-corrected chi connectivity index (χ2v) is 13.2. The van der Waals surface area contributed by atoms with Crippen LogP contribution < -0.4 is 10.6 Å². The van der Waals surface area contributed by atoms with Crippen molar-refractivity contribution in [2.75, 3.05) is 18.4 Å². The molecule has 1 saturated carbocycles. The molecule has 1 aliphatic heterocycles. The van der Waals surface area contributed by atoms with Gasteiger partial charge in [-0.05, 0) is 113 Å². The first-order valence-electron chi connectivity index (χ1n) is 15.4. The summed E-state index contributed by atoms with van der Waals surface area (Å²) in [4.78, 5) is 33.3. The molecule has 2 fully saturated rings. The lowest BCUT2D eigenvalue weighted by molar-refractivity contribution is -0.126. The highest BCUT2D eigenvalue weighted by atomic mass is 35.5. The summed E-state index contributed by atoms with van der Waals surface area (Å²) in [7, 11) is 0. The first-order valence-corrected chi connectivity index (χ1v) is 15.8. The summed E-state index contributed by atoms with van der Waals surface area (Å²) in [5.41, 5.74) is 3.11. The molecule has 2 N–H and O–H groups in total. The van der Waals surface area contributed by atoms with Crippen molar-refractivity contribution in [2.24, 2.45) is 17.8 Å². The van der Waals surface area contributed by atoms with Crippen molar-refractivity contribution in [3.63, 3.8) is 0 Å². The van der Waals surface area contributed by atoms with E-state index in [1.165, 1.54) is 36.6 Å². The molecule has 42 heavy (non-hydrogen) atoms. The lowest BCUT2D eigenvalue weighted by Gasteiger charge is -2.34. The third-order valence-corrected chi connectivity index (χ3v) is 9.17. The quantitative estimate of drug-likeness (QED) is 0.288. The predicted molar refractivity (Wildman–Crippen MR) is 166 cm³/mol. The largest absolute Gasteiger partial charge is 0.354 e. The summed E-state index contributed by atoms with van der Waals surface area (Å²) in [6, 6.07) is 10.3. The molecule has 3 aromatic rings. The van der Waals surface area contributed by atoms with Crippen LogP contribution in [0.3, 0.4) is 0 Å². The van der Waals surface area contributed by atoms with Gasteiger partial charge in [0.15, 0.2) is 0 Å². The molecule has 0 atom stereocenters. The number of aromatic nitrogens is 2. The van der Waals surface area contributed by atoms with E-state index in [2.05, 4.69) is 46.1 Å². The highest BCUT2D eigenvalue weighted by Crippen LogP contribution is 2.37. The van der Waals surface area contributed by atoms with Gasteiger partial charge in [-0.1, -0.05) is 31.5 Å². The van der Waals surface area contributed by atoms with Crippen LogP contribution in [0.2, 0.25) is 5.02 Å². The van der Waals surface area contributed by atoms with Crippen molar-refractivity contribution in [1.29, 1.82) is 0 Å². The molecule has 226 valence electrons. The SMILES string of the molecule is CC(C)NC(=O)C1CCC(n2c(NC(=O)c3cc(F)cc(Cl)c3)nc3ccc(CN4CCC(C(C)C)CC4)cc32)CC1. The maximum atomic E-state index is 14.0. The number of halogens is 2. The van der Waals surface area contributed by atoms with Gasteiger partial charge in [-0.25, -0.2) is 9.37 Å². The Bertz CT molecular complexity index is 1400. The van der Waals surface area contributed by atoms with E-state index in [1.54, 1.807) is 0 Å². The van der Waals surface area contributed by atoms with Gasteiger partial charge in [-0.3, -0.25) is 19.8 Å². The molecule has 2 aromatic carbocycles. The number of carbonyl (C=O) groups excluding carboxylic acids is 2. The minimum absolute atomic E-state index is 0.0183. The zero-order valence-corrected chi connectivity index (χ0v) is 25.9. The van der Waals surface area contributed by atoms with Crippen LogP contribution in [0.15, 0.2) is 36.4 Å². The van der Waals surface area contributed by atoms with Crippen molar-refractivity contribution < 1.29 is 14.0 Å². The summed E-state index contributed by atoms with van der Waals surface area (Å²) in [5, 5.41) is 6.15. The van der Waals surface area contributed by atoms with Gasteiger partial charge in [0.25, 0.3) is 5.91 Å². The molecule has 1 aliphatic carbocycles. The zero-order valence-electron chi connectivity index (χ0n) is 25.1. The van der Waals surface area contributed by atoms with Gasteiger partial charge < -0.3 is 9.88 Å². The number of carbonyl (C=O) groups is 2. The molecule has 0 spiro atoms. The molecule has 9 heteroatoms. The number of fused-ring (bicyclic) bond motifs is 1. The number of piperidine rings is 1. The van der Waals surface area contributed by atoms with Crippen LogP contribution in [0.5, 0.6) is 0 Å². The highest BCUT2D eigenvalue weighted by molar-refractivity contribution is 6.31. The van der Waals surface area contributed by atoms with Crippen molar-refractivity contribution in [3.8, 4) is 0 Å². The molecule has 5 rings (SSSR count). The molecule has 0 unspecified atom stereocenters. The second-order valence-electron chi connectivity index (χ2n) is 12.8. The van der Waals surface area contributed by atoms with Gasteiger partial charge in [0.2, 0.25) is 11.9 Å². The molecular formula is C33H43ClFN5O2. The predicted octanol–water partition coefficient (Wildman–Crippen LogP) is 7.21. The summed E-state index contributed by atoms with van der Waals surface area (Å²) in [6.45, 7) is 11.7. The molecular weight excluding hydrogens is 553 g/mol. The lowest BCUT2D eigenvalue weighted by atomic mass is 9.85. The average molecular weight is 596 g/mol. The number of nitrogens with one attached hydrogen (secondary N) is 2. The minimum Gasteiger partial charge on any atom is -0.354 e. The van der Waals surface area contributed by atoms with Crippen molar-refractivity contribution in [1.82, 2.24) is 19.8 Å². The smallest absolute Gasteiger partial charge is 0.258 e. The Hall–Kier alpha value is -2.97. The Morgan fingerprint density at radius 3 is 2.36 bits per heavy atom. The van der Waals surface area contributed by atoms with Crippen LogP contribution in [-0.4, -0.2) is 45.4 Å². The van der Waals surface area contributed by atoms with E-state index in [4.69, 9.17) is 16.6 Å². The van der Waals surface area contributed by atoms with Gasteiger partial charge >= 0.3 is 0 Å². The topological polar surface area (TPSA) is 79.3 Å². The van der Waals surface area contributed by atoms with E-state index < -0.39 is 11.7 Å². The van der Waals surface area contributed by atoms with E-state index in [1.807, 2.05) is 19.9 Å². The Kier molecular flexibility index (Phi) is 9.53. The molecule has 0 radical (unpaired) electrons. The number of amides is 2. The van der Waals surface area contributed by atoms with Gasteiger partial charge in [-0.2, -0.15) is 0 Å². The monoisotopic (exact) mass is 595 g/mol. The van der Waals surface area contributed by atoms with Crippen molar-refractivity contribution in [2.45, 2.75) is 84.8 Å². The van der Waals surface area contributed by atoms with E-state index in [0.29, 0.717) is 5.95 Å². The Labute approximate surface area is 253 Å². The number of rotatable bonds is 8. The summed E-state index contributed by atoms with van der Waals surface area (Å²) in [5.74, 6) is 1.01. The van der Waals surface area contributed by atoms with Gasteiger partial charge in [0, 0.05) is 35.1 Å². The third kappa shape index (κ3) is 7.14. The fourth-order valence-corrected chi connectivity index (χ4v) is 6.81. The highest BCUT2D eigenvalue weighted by Gasteiger charge is 2.30. The molecule has 1 aromatic heterocycles. The minimum atomic E-state index is -0.568.